The van der Waals surface area contributed by atoms with Gasteiger partial charge in [0.05, 0.1) is 40.1 Å². The lowest BCUT2D eigenvalue weighted by Gasteiger charge is -2.50. The summed E-state index contributed by atoms with van der Waals surface area (Å²) in [6, 6.07) is 28.1. The molecule has 2 saturated heterocycles. The predicted molar refractivity (Wildman–Crippen MR) is 180 cm³/mol. The van der Waals surface area contributed by atoms with Gasteiger partial charge in [0.2, 0.25) is 23.6 Å². The first-order chi connectivity index (χ1) is 23.6. The Hall–Kier alpha value is -5.54. The summed E-state index contributed by atoms with van der Waals surface area (Å²) in [5, 5.41) is 20.7. The van der Waals surface area contributed by atoms with Gasteiger partial charge in [-0.05, 0) is 78.4 Å². The minimum absolute atomic E-state index is 0.0197. The third-order valence-corrected chi connectivity index (χ3v) is 11.0. The molecule has 8 rings (SSSR count). The van der Waals surface area contributed by atoms with E-state index in [-0.39, 0.29) is 29.8 Å². The van der Waals surface area contributed by atoms with Crippen molar-refractivity contribution in [2.45, 2.75) is 24.2 Å². The number of nitrogens with zero attached hydrogens (tertiary/aromatic N) is 2. The van der Waals surface area contributed by atoms with Crippen molar-refractivity contribution < 1.29 is 34.2 Å². The largest absolute Gasteiger partial charge is 0.508 e. The average molecular weight is 673 g/mol. The van der Waals surface area contributed by atoms with Crippen molar-refractivity contribution in [3.63, 3.8) is 0 Å². The van der Waals surface area contributed by atoms with Crippen LogP contribution in [0.5, 0.6) is 5.75 Å². The normalized spacial score (nSPS) is 27.4. The van der Waals surface area contributed by atoms with Crippen LogP contribution in [0.3, 0.4) is 0 Å². The maximum atomic E-state index is 15.2. The number of carbonyl (C=O) groups excluding carboxylic acids is 4. The Morgan fingerprint density at radius 2 is 1.47 bits per heavy atom. The Morgan fingerprint density at radius 1 is 0.755 bits per heavy atom. The lowest BCUT2D eigenvalue weighted by atomic mass is 9.49. The summed E-state index contributed by atoms with van der Waals surface area (Å²) >= 11 is 6.35. The fourth-order valence-electron chi connectivity index (χ4n) is 8.86. The van der Waals surface area contributed by atoms with Gasteiger partial charge >= 0.3 is 5.97 Å². The predicted octanol–water partition coefficient (Wildman–Crippen LogP) is 6.11. The molecule has 6 unspecified atom stereocenters. The zero-order valence-electron chi connectivity index (χ0n) is 25.9. The summed E-state index contributed by atoms with van der Waals surface area (Å²) < 4.78 is 0. The monoisotopic (exact) mass is 672 g/mol. The molecule has 4 aromatic rings. The third-order valence-electron chi connectivity index (χ3n) is 10.7. The first-order valence-electron chi connectivity index (χ1n) is 16.0. The van der Waals surface area contributed by atoms with Gasteiger partial charge in [-0.25, -0.2) is 9.69 Å². The maximum Gasteiger partial charge on any atom is 0.335 e. The van der Waals surface area contributed by atoms with Crippen LogP contribution in [0.15, 0.2) is 115 Å². The molecule has 0 aromatic heterocycles. The van der Waals surface area contributed by atoms with Gasteiger partial charge in [-0.15, -0.1) is 0 Å². The number of allylic oxidation sites excluding steroid dienone is 2. The van der Waals surface area contributed by atoms with E-state index in [4.69, 9.17) is 11.6 Å². The van der Waals surface area contributed by atoms with Crippen molar-refractivity contribution in [1.29, 1.82) is 0 Å². The Bertz CT molecular complexity index is 2130. The summed E-state index contributed by atoms with van der Waals surface area (Å²) in [4.78, 5) is 72.3. The van der Waals surface area contributed by atoms with E-state index in [0.29, 0.717) is 21.8 Å². The summed E-state index contributed by atoms with van der Waals surface area (Å²) in [6.45, 7) is 0. The molecule has 2 aliphatic heterocycles. The van der Waals surface area contributed by atoms with E-state index in [1.165, 1.54) is 35.2 Å². The zero-order valence-corrected chi connectivity index (χ0v) is 26.7. The molecule has 0 spiro atoms. The average Bonchev–Trinajstić information content (AvgIpc) is 3.49. The van der Waals surface area contributed by atoms with E-state index in [2.05, 4.69) is 0 Å². The topological polar surface area (TPSA) is 132 Å². The van der Waals surface area contributed by atoms with Crippen LogP contribution in [-0.2, 0) is 24.6 Å². The molecule has 4 amide bonds. The van der Waals surface area contributed by atoms with E-state index < -0.39 is 64.6 Å². The SMILES string of the molecule is O=C(O)c1cccc(N2C(=O)C3CC=C4C(CC5C(=O)N(c6cccc(Cl)c6)C(=O)C5(c5ccccc5)C4c4cccc(O)c4)C3C2=O)c1. The lowest BCUT2D eigenvalue weighted by Crippen LogP contribution is -2.53. The first-order valence-corrected chi connectivity index (χ1v) is 16.4. The Labute approximate surface area is 286 Å². The molecule has 244 valence electrons. The zero-order chi connectivity index (χ0) is 34.2. The van der Waals surface area contributed by atoms with Gasteiger partial charge in [0.15, 0.2) is 0 Å². The number of aromatic hydroxyl groups is 1. The maximum absolute atomic E-state index is 15.2. The number of aromatic carboxylic acids is 1. The van der Waals surface area contributed by atoms with Crippen LogP contribution in [0.1, 0.15) is 40.2 Å². The summed E-state index contributed by atoms with van der Waals surface area (Å²) in [6.07, 6.45) is 2.26. The molecule has 4 aromatic carbocycles. The van der Waals surface area contributed by atoms with Gasteiger partial charge in [0, 0.05) is 10.9 Å². The molecule has 1 saturated carbocycles. The van der Waals surface area contributed by atoms with Crippen molar-refractivity contribution >= 4 is 52.6 Å². The van der Waals surface area contributed by atoms with Gasteiger partial charge in [0.1, 0.15) is 5.75 Å². The van der Waals surface area contributed by atoms with E-state index in [0.717, 1.165) is 10.5 Å². The van der Waals surface area contributed by atoms with Gasteiger partial charge in [-0.1, -0.05) is 77.8 Å². The quantitative estimate of drug-likeness (QED) is 0.193. The Kier molecular flexibility index (Phi) is 7.08. The van der Waals surface area contributed by atoms with E-state index in [1.807, 2.05) is 42.5 Å². The smallest absolute Gasteiger partial charge is 0.335 e. The number of halogens is 1. The van der Waals surface area contributed by atoms with E-state index >= 15 is 4.79 Å². The van der Waals surface area contributed by atoms with Crippen LogP contribution in [0.4, 0.5) is 11.4 Å². The molecule has 2 heterocycles. The number of hydrogen-bond acceptors (Lipinski definition) is 6. The minimum Gasteiger partial charge on any atom is -0.508 e. The molecule has 3 fully saturated rings. The molecular formula is C39H29ClN2O7. The van der Waals surface area contributed by atoms with Crippen LogP contribution in [0.2, 0.25) is 5.02 Å². The van der Waals surface area contributed by atoms with Crippen molar-refractivity contribution in [2.24, 2.45) is 23.7 Å². The number of hydrogen-bond donors (Lipinski definition) is 2. The van der Waals surface area contributed by atoms with Crippen molar-refractivity contribution in [2.75, 3.05) is 9.80 Å². The number of phenols is 1. The van der Waals surface area contributed by atoms with Crippen molar-refractivity contribution in [3.05, 3.63) is 136 Å². The highest BCUT2D eigenvalue weighted by Gasteiger charge is 2.70. The number of phenolic OH excluding ortho intramolecular Hbond substituents is 1. The fourth-order valence-corrected chi connectivity index (χ4v) is 9.04. The number of fused-ring (bicyclic) bond motifs is 4. The number of anilines is 2. The highest BCUT2D eigenvalue weighted by Crippen LogP contribution is 2.64. The summed E-state index contributed by atoms with van der Waals surface area (Å²) in [5.41, 5.74) is 0.960. The molecule has 0 bridgehead atoms. The van der Waals surface area contributed by atoms with E-state index in [9.17, 15) is 29.4 Å². The van der Waals surface area contributed by atoms with Crippen LogP contribution in [-0.4, -0.2) is 39.8 Å². The lowest BCUT2D eigenvalue weighted by molar-refractivity contribution is -0.127. The second-order valence-electron chi connectivity index (χ2n) is 13.1. The molecule has 49 heavy (non-hydrogen) atoms. The molecule has 10 heteroatoms. The number of rotatable bonds is 5. The molecule has 6 atom stereocenters. The second kappa shape index (κ2) is 11.3. The standard InChI is InChI=1S/C39H29ClN2O7/c40-24-11-6-13-26(19-24)42-35(45)31-20-30-28(15-16-29-32(30)36(46)41(34(29)44)25-12-4-8-22(17-25)37(47)48)33(21-7-5-14-27(43)18-21)39(31,38(42)49)23-9-2-1-3-10-23/h1-15,17-19,29-33,43H,16,20H2,(H,47,48). The molecular weight excluding hydrogens is 644 g/mol. The van der Waals surface area contributed by atoms with E-state index in [1.54, 1.807) is 36.4 Å². The molecule has 4 aliphatic rings. The molecule has 2 aliphatic carbocycles. The van der Waals surface area contributed by atoms with Crippen LogP contribution in [0, 0.1) is 23.7 Å². The van der Waals surface area contributed by atoms with Crippen LogP contribution < -0.4 is 9.80 Å². The highest BCUT2D eigenvalue weighted by atomic mass is 35.5. The first kappa shape index (κ1) is 30.8. The Morgan fingerprint density at radius 3 is 2.18 bits per heavy atom. The fraction of sp³-hybridized carbons (Fsp3) is 0.205. The number of imide groups is 2. The molecule has 9 nitrogen and oxygen atoms in total. The number of carboxylic acids is 1. The molecule has 2 N–H and O–H groups in total. The number of benzene rings is 4. The summed E-state index contributed by atoms with van der Waals surface area (Å²) in [5.74, 6) is -6.90. The van der Waals surface area contributed by atoms with Crippen molar-refractivity contribution in [1.82, 2.24) is 0 Å². The molecule has 0 radical (unpaired) electrons. The van der Waals surface area contributed by atoms with Crippen LogP contribution >= 0.6 is 11.6 Å². The van der Waals surface area contributed by atoms with Gasteiger partial charge < -0.3 is 10.2 Å². The third kappa shape index (κ3) is 4.42. The van der Waals surface area contributed by atoms with Gasteiger partial charge in [-0.2, -0.15) is 0 Å². The number of carbonyl (C=O) groups is 5. The Balaban J connectivity index is 1.33. The minimum atomic E-state index is -1.45. The second-order valence-corrected chi connectivity index (χ2v) is 13.5. The van der Waals surface area contributed by atoms with Gasteiger partial charge in [-0.3, -0.25) is 24.1 Å². The summed E-state index contributed by atoms with van der Waals surface area (Å²) in [7, 11) is 0. The number of carboxylic acid groups (broad SMARTS) is 1. The van der Waals surface area contributed by atoms with Crippen molar-refractivity contribution in [3.8, 4) is 5.75 Å². The number of amides is 4. The highest BCUT2D eigenvalue weighted by molar-refractivity contribution is 6.32. The van der Waals surface area contributed by atoms with Crippen LogP contribution in [0.25, 0.3) is 0 Å². The van der Waals surface area contributed by atoms with Gasteiger partial charge in [0.25, 0.3) is 0 Å².